The molecule has 0 aliphatic carbocycles. The minimum atomic E-state index is -0.000295. The Morgan fingerprint density at radius 1 is 1.40 bits per heavy atom. The van der Waals surface area contributed by atoms with Crippen molar-refractivity contribution in [2.24, 2.45) is 0 Å². The molecule has 0 bridgehead atoms. The molecule has 2 rings (SSSR count). The molecule has 1 amide bonds. The normalized spacial score (nSPS) is 21.4. The topological polar surface area (TPSA) is 32.3 Å². The van der Waals surface area contributed by atoms with Gasteiger partial charge < -0.3 is 10.2 Å². The number of thiocarbonyl (C=S) groups is 1. The van der Waals surface area contributed by atoms with Crippen LogP contribution in [0.15, 0.2) is 30.3 Å². The lowest BCUT2D eigenvalue weighted by Crippen LogP contribution is -2.54. The van der Waals surface area contributed by atoms with Crippen molar-refractivity contribution < 1.29 is 4.79 Å². The molecule has 15 heavy (non-hydrogen) atoms. The quantitative estimate of drug-likeness (QED) is 0.731. The van der Waals surface area contributed by atoms with Crippen LogP contribution in [0.5, 0.6) is 0 Å². The van der Waals surface area contributed by atoms with E-state index in [1.54, 1.807) is 0 Å². The van der Waals surface area contributed by atoms with Crippen LogP contribution < -0.4 is 10.2 Å². The Morgan fingerprint density at radius 3 is 2.67 bits per heavy atom. The standard InChI is InChI=1S/C11H12N2OS/c1-8-7-10(14)12-11(15)13(8)9-5-3-2-4-6-9/h2-6,8H,7H2,1H3,(H,12,14,15)/t8-/m1/s1. The second kappa shape index (κ2) is 3.98. The summed E-state index contributed by atoms with van der Waals surface area (Å²) in [6, 6.07) is 9.97. The maximum atomic E-state index is 11.2. The van der Waals surface area contributed by atoms with Crippen LogP contribution in [0.3, 0.4) is 0 Å². The van der Waals surface area contributed by atoms with E-state index >= 15 is 0 Å². The minimum Gasteiger partial charge on any atom is -0.315 e. The summed E-state index contributed by atoms with van der Waals surface area (Å²) in [7, 11) is 0. The number of para-hydroxylation sites is 1. The molecule has 4 heteroatoms. The van der Waals surface area contributed by atoms with Gasteiger partial charge in [-0.1, -0.05) is 18.2 Å². The highest BCUT2D eigenvalue weighted by molar-refractivity contribution is 7.80. The zero-order valence-corrected chi connectivity index (χ0v) is 9.25. The average molecular weight is 220 g/mol. The number of benzene rings is 1. The molecule has 0 spiro atoms. The predicted octanol–water partition coefficient (Wildman–Crippen LogP) is 1.69. The summed E-state index contributed by atoms with van der Waals surface area (Å²) in [5, 5.41) is 3.17. The monoisotopic (exact) mass is 220 g/mol. The average Bonchev–Trinajstić information content (AvgIpc) is 2.17. The molecule has 1 aromatic carbocycles. The fourth-order valence-electron chi connectivity index (χ4n) is 1.75. The summed E-state index contributed by atoms with van der Waals surface area (Å²) in [5.41, 5.74) is 1.02. The summed E-state index contributed by atoms with van der Waals surface area (Å²) in [4.78, 5) is 13.2. The molecular formula is C11H12N2OS. The van der Waals surface area contributed by atoms with Crippen LogP contribution in [-0.4, -0.2) is 17.1 Å². The van der Waals surface area contributed by atoms with E-state index in [2.05, 4.69) is 5.32 Å². The van der Waals surface area contributed by atoms with Crippen molar-refractivity contribution in [1.29, 1.82) is 0 Å². The molecule has 1 aromatic rings. The zero-order chi connectivity index (χ0) is 10.8. The number of rotatable bonds is 1. The van der Waals surface area contributed by atoms with E-state index in [1.807, 2.05) is 42.2 Å². The first-order chi connectivity index (χ1) is 7.18. The van der Waals surface area contributed by atoms with Gasteiger partial charge in [0.1, 0.15) is 0 Å². The van der Waals surface area contributed by atoms with Crippen molar-refractivity contribution in [3.63, 3.8) is 0 Å². The van der Waals surface area contributed by atoms with E-state index < -0.39 is 0 Å². The molecule has 0 saturated carbocycles. The number of amides is 1. The van der Waals surface area contributed by atoms with Crippen molar-refractivity contribution in [1.82, 2.24) is 5.32 Å². The number of hydrogen-bond acceptors (Lipinski definition) is 2. The molecule has 1 aliphatic heterocycles. The number of nitrogens with one attached hydrogen (secondary N) is 1. The molecule has 0 unspecified atom stereocenters. The first-order valence-electron chi connectivity index (χ1n) is 4.86. The minimum absolute atomic E-state index is 0.000295. The van der Waals surface area contributed by atoms with Gasteiger partial charge in [-0.05, 0) is 31.3 Å². The molecule has 0 radical (unpaired) electrons. The molecule has 1 fully saturated rings. The molecule has 1 N–H and O–H groups in total. The van der Waals surface area contributed by atoms with Gasteiger partial charge >= 0.3 is 0 Å². The van der Waals surface area contributed by atoms with Crippen molar-refractivity contribution in [2.45, 2.75) is 19.4 Å². The molecule has 3 nitrogen and oxygen atoms in total. The van der Waals surface area contributed by atoms with Crippen LogP contribution >= 0.6 is 12.2 Å². The predicted molar refractivity (Wildman–Crippen MR) is 63.7 cm³/mol. The SMILES string of the molecule is C[C@@H]1CC(=O)NC(=S)N1c1ccccc1. The summed E-state index contributed by atoms with van der Waals surface area (Å²) < 4.78 is 0. The van der Waals surface area contributed by atoms with Crippen molar-refractivity contribution >= 4 is 28.9 Å². The van der Waals surface area contributed by atoms with Gasteiger partial charge in [0.25, 0.3) is 0 Å². The highest BCUT2D eigenvalue weighted by Crippen LogP contribution is 2.20. The highest BCUT2D eigenvalue weighted by atomic mass is 32.1. The summed E-state index contributed by atoms with van der Waals surface area (Å²) in [6.07, 6.45) is 0.481. The Hall–Kier alpha value is -1.42. The molecule has 1 atom stereocenters. The number of carbonyl (C=O) groups excluding carboxylic acids is 1. The van der Waals surface area contributed by atoms with E-state index in [-0.39, 0.29) is 11.9 Å². The van der Waals surface area contributed by atoms with Crippen LogP contribution in [-0.2, 0) is 4.79 Å². The van der Waals surface area contributed by atoms with Gasteiger partial charge in [-0.25, -0.2) is 0 Å². The molecule has 1 heterocycles. The summed E-state index contributed by atoms with van der Waals surface area (Å²) in [5.74, 6) is -0.000295. The van der Waals surface area contributed by atoms with Gasteiger partial charge in [0.15, 0.2) is 5.11 Å². The van der Waals surface area contributed by atoms with Crippen molar-refractivity contribution in [2.75, 3.05) is 4.90 Å². The molecule has 1 saturated heterocycles. The second-order valence-corrected chi connectivity index (χ2v) is 4.00. The third kappa shape index (κ3) is 1.99. The zero-order valence-electron chi connectivity index (χ0n) is 8.43. The maximum Gasteiger partial charge on any atom is 0.228 e. The number of carbonyl (C=O) groups is 1. The Kier molecular flexibility index (Phi) is 2.68. The molecule has 0 aromatic heterocycles. The Bertz CT molecular complexity index is 391. The smallest absolute Gasteiger partial charge is 0.228 e. The molecule has 78 valence electrons. The first-order valence-corrected chi connectivity index (χ1v) is 5.27. The number of nitrogens with zero attached hydrogens (tertiary/aromatic N) is 1. The van der Waals surface area contributed by atoms with E-state index in [0.717, 1.165) is 5.69 Å². The van der Waals surface area contributed by atoms with Gasteiger partial charge in [0.2, 0.25) is 5.91 Å². The van der Waals surface area contributed by atoms with Gasteiger partial charge in [0, 0.05) is 18.2 Å². The third-order valence-corrected chi connectivity index (χ3v) is 2.72. The van der Waals surface area contributed by atoms with E-state index in [4.69, 9.17) is 12.2 Å². The van der Waals surface area contributed by atoms with E-state index in [1.165, 1.54) is 0 Å². The van der Waals surface area contributed by atoms with Crippen LogP contribution in [0.4, 0.5) is 5.69 Å². The largest absolute Gasteiger partial charge is 0.315 e. The number of hydrogen-bond donors (Lipinski definition) is 1. The van der Waals surface area contributed by atoms with Gasteiger partial charge in [-0.3, -0.25) is 4.79 Å². The fourth-order valence-corrected chi connectivity index (χ4v) is 2.15. The Labute approximate surface area is 94.1 Å². The first kappa shape index (κ1) is 10.1. The van der Waals surface area contributed by atoms with E-state index in [9.17, 15) is 4.79 Å². The fraction of sp³-hybridized carbons (Fsp3) is 0.273. The van der Waals surface area contributed by atoms with Gasteiger partial charge in [-0.15, -0.1) is 0 Å². The second-order valence-electron chi connectivity index (χ2n) is 3.61. The van der Waals surface area contributed by atoms with Crippen LogP contribution in [0, 0.1) is 0 Å². The lowest BCUT2D eigenvalue weighted by molar-refractivity contribution is -0.120. The van der Waals surface area contributed by atoms with Gasteiger partial charge in [0.05, 0.1) is 0 Å². The molecule has 1 aliphatic rings. The van der Waals surface area contributed by atoms with Crippen LogP contribution in [0.1, 0.15) is 13.3 Å². The van der Waals surface area contributed by atoms with Crippen LogP contribution in [0.2, 0.25) is 0 Å². The Morgan fingerprint density at radius 2 is 2.07 bits per heavy atom. The van der Waals surface area contributed by atoms with Crippen LogP contribution in [0.25, 0.3) is 0 Å². The van der Waals surface area contributed by atoms with Gasteiger partial charge in [-0.2, -0.15) is 0 Å². The van der Waals surface area contributed by atoms with Crippen molar-refractivity contribution in [3.8, 4) is 0 Å². The lowest BCUT2D eigenvalue weighted by Gasteiger charge is -2.35. The number of anilines is 1. The summed E-state index contributed by atoms with van der Waals surface area (Å²) >= 11 is 5.16. The summed E-state index contributed by atoms with van der Waals surface area (Å²) in [6.45, 7) is 2.00. The Balaban J connectivity index is 2.29. The highest BCUT2D eigenvalue weighted by Gasteiger charge is 2.27. The third-order valence-electron chi connectivity index (χ3n) is 2.42. The molecular weight excluding hydrogens is 208 g/mol. The lowest BCUT2D eigenvalue weighted by atomic mass is 10.1. The van der Waals surface area contributed by atoms with E-state index in [0.29, 0.717) is 11.5 Å². The maximum absolute atomic E-state index is 11.2. The van der Waals surface area contributed by atoms with Crippen molar-refractivity contribution in [3.05, 3.63) is 30.3 Å².